The predicted molar refractivity (Wildman–Crippen MR) is 74.9 cm³/mol. The van der Waals surface area contributed by atoms with Gasteiger partial charge in [0, 0.05) is 25.7 Å². The van der Waals surface area contributed by atoms with Crippen LogP contribution in [0.25, 0.3) is 0 Å². The van der Waals surface area contributed by atoms with E-state index in [1.54, 1.807) is 0 Å². The van der Waals surface area contributed by atoms with E-state index in [9.17, 15) is 0 Å². The van der Waals surface area contributed by atoms with Crippen molar-refractivity contribution in [2.45, 2.75) is 19.9 Å². The third kappa shape index (κ3) is 3.80. The maximum Gasteiger partial charge on any atom is 0.0594 e. The smallest absolute Gasteiger partial charge is 0.0594 e. The molecule has 3 heteroatoms. The molecule has 0 aromatic heterocycles. The normalized spacial score (nSPS) is 18.8. The fourth-order valence-corrected chi connectivity index (χ4v) is 2.37. The van der Waals surface area contributed by atoms with E-state index in [0.717, 1.165) is 39.4 Å². The minimum absolute atomic E-state index is 0.425. The summed E-state index contributed by atoms with van der Waals surface area (Å²) in [5.41, 5.74) is 2.70. The van der Waals surface area contributed by atoms with Gasteiger partial charge in [-0.2, -0.15) is 0 Å². The number of rotatable bonds is 5. The summed E-state index contributed by atoms with van der Waals surface area (Å²) in [4.78, 5) is 2.48. The molecule has 0 amide bonds. The van der Waals surface area contributed by atoms with Crippen molar-refractivity contribution in [2.75, 3.05) is 39.4 Å². The first-order valence-electron chi connectivity index (χ1n) is 6.89. The minimum Gasteiger partial charge on any atom is -0.379 e. The molecule has 1 saturated heterocycles. The molecule has 1 fully saturated rings. The van der Waals surface area contributed by atoms with Crippen molar-refractivity contribution >= 4 is 0 Å². The summed E-state index contributed by atoms with van der Waals surface area (Å²) >= 11 is 0. The zero-order valence-electron chi connectivity index (χ0n) is 11.5. The Kier molecular flexibility index (Phi) is 5.17. The molecule has 1 N–H and O–H groups in total. The van der Waals surface area contributed by atoms with Crippen molar-refractivity contribution in [3.63, 3.8) is 0 Å². The van der Waals surface area contributed by atoms with Gasteiger partial charge in [0.05, 0.1) is 13.2 Å². The van der Waals surface area contributed by atoms with Crippen LogP contribution in [0.3, 0.4) is 0 Å². The highest BCUT2D eigenvalue weighted by Gasteiger charge is 2.17. The van der Waals surface area contributed by atoms with Crippen LogP contribution >= 0.6 is 0 Å². The van der Waals surface area contributed by atoms with Crippen molar-refractivity contribution in [1.82, 2.24) is 10.2 Å². The van der Waals surface area contributed by atoms with Gasteiger partial charge in [-0.1, -0.05) is 36.8 Å². The fourth-order valence-electron chi connectivity index (χ4n) is 2.37. The molecule has 3 nitrogen and oxygen atoms in total. The summed E-state index contributed by atoms with van der Waals surface area (Å²) < 4.78 is 5.40. The van der Waals surface area contributed by atoms with Gasteiger partial charge in [0.25, 0.3) is 0 Å². The lowest BCUT2D eigenvalue weighted by atomic mass is 10.0. The van der Waals surface area contributed by atoms with Gasteiger partial charge in [-0.3, -0.25) is 4.90 Å². The van der Waals surface area contributed by atoms with E-state index in [0.29, 0.717) is 6.04 Å². The SMILES string of the molecule is CCNC(CN1CCOCC1)c1ccc(C)cc1. The number of nitrogens with zero attached hydrogens (tertiary/aromatic N) is 1. The quantitative estimate of drug-likeness (QED) is 0.862. The summed E-state index contributed by atoms with van der Waals surface area (Å²) in [7, 11) is 0. The lowest BCUT2D eigenvalue weighted by Gasteiger charge is -2.31. The van der Waals surface area contributed by atoms with Gasteiger partial charge in [-0.25, -0.2) is 0 Å². The molecule has 1 aromatic rings. The van der Waals surface area contributed by atoms with Crippen molar-refractivity contribution in [3.8, 4) is 0 Å². The van der Waals surface area contributed by atoms with Crippen LogP contribution in [0.4, 0.5) is 0 Å². The predicted octanol–water partition coefficient (Wildman–Crippen LogP) is 1.98. The Bertz CT molecular complexity index is 344. The first-order chi connectivity index (χ1) is 8.79. The number of aryl methyl sites for hydroxylation is 1. The maximum absolute atomic E-state index is 5.40. The Labute approximate surface area is 110 Å². The summed E-state index contributed by atoms with van der Waals surface area (Å²) in [5, 5.41) is 3.58. The van der Waals surface area contributed by atoms with Crippen molar-refractivity contribution in [3.05, 3.63) is 35.4 Å². The Morgan fingerprint density at radius 2 is 1.89 bits per heavy atom. The Morgan fingerprint density at radius 3 is 2.50 bits per heavy atom. The van der Waals surface area contributed by atoms with Gasteiger partial charge in [0.1, 0.15) is 0 Å². The lowest BCUT2D eigenvalue weighted by Crippen LogP contribution is -2.41. The molecule has 1 aliphatic rings. The molecule has 1 atom stereocenters. The van der Waals surface area contributed by atoms with Crippen LogP contribution in [0.5, 0.6) is 0 Å². The average Bonchev–Trinajstić information content (AvgIpc) is 2.40. The molecular formula is C15H24N2O. The zero-order valence-corrected chi connectivity index (χ0v) is 11.5. The molecule has 1 heterocycles. The van der Waals surface area contributed by atoms with E-state index in [2.05, 4.69) is 48.3 Å². The molecule has 1 aliphatic heterocycles. The first-order valence-corrected chi connectivity index (χ1v) is 6.89. The topological polar surface area (TPSA) is 24.5 Å². The number of morpholine rings is 1. The number of ether oxygens (including phenoxy) is 1. The van der Waals surface area contributed by atoms with Gasteiger partial charge in [-0.05, 0) is 19.0 Å². The average molecular weight is 248 g/mol. The Hall–Kier alpha value is -0.900. The van der Waals surface area contributed by atoms with Gasteiger partial charge >= 0.3 is 0 Å². The molecule has 0 bridgehead atoms. The van der Waals surface area contributed by atoms with Gasteiger partial charge in [0.2, 0.25) is 0 Å². The second-order valence-electron chi connectivity index (χ2n) is 4.93. The molecule has 2 rings (SSSR count). The van der Waals surface area contributed by atoms with Crippen molar-refractivity contribution in [2.24, 2.45) is 0 Å². The van der Waals surface area contributed by atoms with Crippen LogP contribution in [-0.4, -0.2) is 44.3 Å². The number of benzene rings is 1. The van der Waals surface area contributed by atoms with E-state index in [-0.39, 0.29) is 0 Å². The number of nitrogens with one attached hydrogen (secondary N) is 1. The fraction of sp³-hybridized carbons (Fsp3) is 0.600. The summed E-state index contributed by atoms with van der Waals surface area (Å²) in [6, 6.07) is 9.29. The van der Waals surface area contributed by atoms with Crippen molar-refractivity contribution < 1.29 is 4.74 Å². The highest BCUT2D eigenvalue weighted by Crippen LogP contribution is 2.16. The van der Waals surface area contributed by atoms with E-state index >= 15 is 0 Å². The second kappa shape index (κ2) is 6.88. The van der Waals surface area contributed by atoms with E-state index in [1.807, 2.05) is 0 Å². The number of hydrogen-bond donors (Lipinski definition) is 1. The van der Waals surface area contributed by atoms with Gasteiger partial charge in [0.15, 0.2) is 0 Å². The molecule has 0 aliphatic carbocycles. The molecule has 0 radical (unpaired) electrons. The Morgan fingerprint density at radius 1 is 1.22 bits per heavy atom. The number of likely N-dealkylation sites (N-methyl/N-ethyl adjacent to an activating group) is 1. The van der Waals surface area contributed by atoms with Crippen LogP contribution in [-0.2, 0) is 4.74 Å². The molecule has 1 unspecified atom stereocenters. The first kappa shape index (κ1) is 13.5. The molecule has 100 valence electrons. The summed E-state index contributed by atoms with van der Waals surface area (Å²) in [6.07, 6.45) is 0. The van der Waals surface area contributed by atoms with Crippen LogP contribution in [0, 0.1) is 6.92 Å². The van der Waals surface area contributed by atoms with E-state index < -0.39 is 0 Å². The molecule has 1 aromatic carbocycles. The Balaban J connectivity index is 2.00. The molecule has 0 spiro atoms. The largest absolute Gasteiger partial charge is 0.379 e. The monoisotopic (exact) mass is 248 g/mol. The second-order valence-corrected chi connectivity index (χ2v) is 4.93. The number of hydrogen-bond acceptors (Lipinski definition) is 3. The van der Waals surface area contributed by atoms with Crippen molar-refractivity contribution in [1.29, 1.82) is 0 Å². The van der Waals surface area contributed by atoms with Gasteiger partial charge in [-0.15, -0.1) is 0 Å². The molecular weight excluding hydrogens is 224 g/mol. The summed E-state index contributed by atoms with van der Waals surface area (Å²) in [5.74, 6) is 0. The van der Waals surface area contributed by atoms with Gasteiger partial charge < -0.3 is 10.1 Å². The highest BCUT2D eigenvalue weighted by molar-refractivity contribution is 5.24. The summed E-state index contributed by atoms with van der Waals surface area (Å²) in [6.45, 7) is 10.2. The maximum atomic E-state index is 5.40. The zero-order chi connectivity index (χ0) is 12.8. The van der Waals surface area contributed by atoms with E-state index in [1.165, 1.54) is 11.1 Å². The van der Waals surface area contributed by atoms with Crippen LogP contribution in [0.15, 0.2) is 24.3 Å². The lowest BCUT2D eigenvalue weighted by molar-refractivity contribution is 0.0335. The third-order valence-corrected chi connectivity index (χ3v) is 3.47. The van der Waals surface area contributed by atoms with E-state index in [4.69, 9.17) is 4.74 Å². The molecule has 0 saturated carbocycles. The highest BCUT2D eigenvalue weighted by atomic mass is 16.5. The van der Waals surface area contributed by atoms with Crippen LogP contribution in [0.2, 0.25) is 0 Å². The standard InChI is InChI=1S/C15H24N2O/c1-3-16-15(12-17-8-10-18-11-9-17)14-6-4-13(2)5-7-14/h4-7,15-16H,3,8-12H2,1-2H3. The molecule has 18 heavy (non-hydrogen) atoms. The van der Waals surface area contributed by atoms with Crippen LogP contribution < -0.4 is 5.32 Å². The van der Waals surface area contributed by atoms with Crippen LogP contribution in [0.1, 0.15) is 24.1 Å². The minimum atomic E-state index is 0.425. The third-order valence-electron chi connectivity index (χ3n) is 3.47.